The zero-order valence-corrected chi connectivity index (χ0v) is 24.4. The molecule has 9 nitrogen and oxygen atoms in total. The molecular weight excluding hydrogens is 544 g/mol. The fourth-order valence-corrected chi connectivity index (χ4v) is 7.67. The molecule has 222 valence electrons. The molecule has 2 aromatic carbocycles. The van der Waals surface area contributed by atoms with Crippen LogP contribution in [0.1, 0.15) is 61.8 Å². The summed E-state index contributed by atoms with van der Waals surface area (Å²) in [7, 11) is 0. The van der Waals surface area contributed by atoms with E-state index in [4.69, 9.17) is 9.26 Å². The van der Waals surface area contributed by atoms with Crippen LogP contribution >= 0.6 is 0 Å². The van der Waals surface area contributed by atoms with E-state index in [1.807, 2.05) is 54.6 Å². The van der Waals surface area contributed by atoms with Gasteiger partial charge in [0.2, 0.25) is 17.7 Å². The third-order valence-corrected chi connectivity index (χ3v) is 9.66. The van der Waals surface area contributed by atoms with Crippen molar-refractivity contribution < 1.29 is 23.6 Å². The minimum atomic E-state index is -1.31. The van der Waals surface area contributed by atoms with Crippen molar-refractivity contribution in [3.8, 4) is 0 Å². The van der Waals surface area contributed by atoms with Gasteiger partial charge in [-0.2, -0.15) is 0 Å². The topological polar surface area (TPSA) is 114 Å². The molecule has 9 heteroatoms. The van der Waals surface area contributed by atoms with Gasteiger partial charge in [-0.25, -0.2) is 0 Å². The molecule has 1 saturated carbocycles. The molecular formula is C34H36N4O5. The van der Waals surface area contributed by atoms with Gasteiger partial charge in [0.1, 0.15) is 17.4 Å². The van der Waals surface area contributed by atoms with Crippen LogP contribution in [0.2, 0.25) is 0 Å². The van der Waals surface area contributed by atoms with Crippen molar-refractivity contribution in [2.75, 3.05) is 10.2 Å². The first-order chi connectivity index (χ1) is 20.8. The van der Waals surface area contributed by atoms with Crippen molar-refractivity contribution >= 4 is 29.2 Å². The first-order valence-corrected chi connectivity index (χ1v) is 15.2. The number of aryl methyl sites for hydroxylation is 1. The molecule has 5 atom stereocenters. The first kappa shape index (κ1) is 27.6. The van der Waals surface area contributed by atoms with Crippen LogP contribution in [0.4, 0.5) is 11.5 Å². The maximum atomic E-state index is 14.5. The molecule has 0 unspecified atom stereocenters. The molecule has 7 rings (SSSR count). The number of amides is 3. The van der Waals surface area contributed by atoms with E-state index in [1.165, 1.54) is 24.8 Å². The second kappa shape index (κ2) is 10.5. The molecule has 3 aliphatic heterocycles. The molecule has 0 radical (unpaired) electrons. The van der Waals surface area contributed by atoms with Crippen molar-refractivity contribution in [1.29, 1.82) is 0 Å². The Bertz CT molecular complexity index is 1580. The van der Waals surface area contributed by atoms with Gasteiger partial charge in [0.15, 0.2) is 5.82 Å². The van der Waals surface area contributed by atoms with Crippen LogP contribution < -0.4 is 15.5 Å². The monoisotopic (exact) mass is 580 g/mol. The highest BCUT2D eigenvalue weighted by Gasteiger charge is 2.76. The molecule has 4 heterocycles. The summed E-state index contributed by atoms with van der Waals surface area (Å²) >= 11 is 0. The predicted molar refractivity (Wildman–Crippen MR) is 160 cm³/mol. The summed E-state index contributed by atoms with van der Waals surface area (Å²) in [6.07, 6.45) is 9.70. The average molecular weight is 581 g/mol. The lowest BCUT2D eigenvalue weighted by atomic mass is 9.70. The summed E-state index contributed by atoms with van der Waals surface area (Å²) in [5, 5.41) is 9.74. The Balaban J connectivity index is 1.24. The van der Waals surface area contributed by atoms with Gasteiger partial charge in [-0.1, -0.05) is 79.0 Å². The number of carbonyl (C=O) groups is 3. The fraction of sp³-hybridized carbons (Fsp3) is 0.412. The molecule has 1 spiro atoms. The van der Waals surface area contributed by atoms with Gasteiger partial charge in [-0.05, 0) is 55.9 Å². The molecule has 3 aromatic rings. The Morgan fingerprint density at radius 1 is 1.00 bits per heavy atom. The van der Waals surface area contributed by atoms with Crippen molar-refractivity contribution in [3.05, 3.63) is 89.7 Å². The van der Waals surface area contributed by atoms with E-state index in [9.17, 15) is 14.4 Å². The van der Waals surface area contributed by atoms with Gasteiger partial charge in [0.25, 0.3) is 0 Å². The normalized spacial score (nSPS) is 29.6. The molecule has 4 aliphatic rings. The number of carbonyl (C=O) groups excluding carboxylic acids is 3. The number of aromatic nitrogens is 1. The average Bonchev–Trinajstić information content (AvgIpc) is 3.73. The summed E-state index contributed by atoms with van der Waals surface area (Å²) in [4.78, 5) is 43.9. The summed E-state index contributed by atoms with van der Waals surface area (Å²) in [6, 6.07) is 18.3. The Labute approximate surface area is 250 Å². The highest BCUT2D eigenvalue weighted by molar-refractivity contribution is 6.11. The van der Waals surface area contributed by atoms with E-state index in [0.717, 1.165) is 18.4 Å². The summed E-state index contributed by atoms with van der Waals surface area (Å²) in [6.45, 7) is 3.83. The van der Waals surface area contributed by atoms with E-state index in [1.54, 1.807) is 24.8 Å². The number of nitrogens with zero attached hydrogens (tertiary/aromatic N) is 2. The molecule has 2 saturated heterocycles. The lowest BCUT2D eigenvalue weighted by Gasteiger charge is -2.33. The van der Waals surface area contributed by atoms with Crippen LogP contribution in [-0.4, -0.2) is 40.1 Å². The largest absolute Gasteiger partial charge is 0.360 e. The van der Waals surface area contributed by atoms with E-state index in [0.29, 0.717) is 23.9 Å². The van der Waals surface area contributed by atoms with Crippen LogP contribution in [0, 0.1) is 18.8 Å². The Morgan fingerprint density at radius 3 is 2.44 bits per heavy atom. The Hall–Kier alpha value is -4.24. The molecule has 3 fully saturated rings. The standard InChI is InChI=1S/C34H36N4O5/c1-21-19-26(37-42-21)36-30(39)27-28-32(41)38(25-15-13-24(14-16-25)23-11-7-4-8-12-23)29(34(28)18-17-33(27,2)43-34)31(40)35-20-22-9-5-3-6-10-22/h3,5-6,9-10,13-19,23,27-29H,4,7-8,11-12,20H2,1-2H3,(H,35,40)(H,36,37,39)/t27-,28-,29+,33-,34+/m0/s1. The minimum Gasteiger partial charge on any atom is -0.360 e. The highest BCUT2D eigenvalue weighted by Crippen LogP contribution is 2.60. The summed E-state index contributed by atoms with van der Waals surface area (Å²) in [5.74, 6) is -1.50. The van der Waals surface area contributed by atoms with Gasteiger partial charge < -0.3 is 19.9 Å². The number of ether oxygens (including phenoxy) is 1. The smallest absolute Gasteiger partial charge is 0.246 e. The number of rotatable bonds is 7. The highest BCUT2D eigenvalue weighted by atomic mass is 16.5. The van der Waals surface area contributed by atoms with Crippen LogP contribution in [-0.2, 0) is 25.7 Å². The number of anilines is 2. The van der Waals surface area contributed by atoms with E-state index in [-0.39, 0.29) is 17.6 Å². The Morgan fingerprint density at radius 2 is 1.74 bits per heavy atom. The maximum Gasteiger partial charge on any atom is 0.246 e. The minimum absolute atomic E-state index is 0.268. The fourth-order valence-electron chi connectivity index (χ4n) is 7.67. The van der Waals surface area contributed by atoms with E-state index < -0.39 is 35.0 Å². The summed E-state index contributed by atoms with van der Waals surface area (Å²) in [5.41, 5.74) is 0.430. The zero-order chi connectivity index (χ0) is 29.8. The lowest BCUT2D eigenvalue weighted by Crippen LogP contribution is -2.54. The van der Waals surface area contributed by atoms with Crippen LogP contribution in [0.3, 0.4) is 0 Å². The van der Waals surface area contributed by atoms with E-state index >= 15 is 0 Å². The molecule has 1 aromatic heterocycles. The maximum absolute atomic E-state index is 14.5. The van der Waals surface area contributed by atoms with Gasteiger partial charge in [0, 0.05) is 18.3 Å². The predicted octanol–water partition coefficient (Wildman–Crippen LogP) is 5.03. The van der Waals surface area contributed by atoms with Crippen LogP contribution in [0.5, 0.6) is 0 Å². The first-order valence-electron chi connectivity index (χ1n) is 15.2. The number of benzene rings is 2. The Kier molecular flexibility index (Phi) is 6.73. The van der Waals surface area contributed by atoms with Crippen molar-refractivity contribution in [3.63, 3.8) is 0 Å². The molecule has 3 amide bonds. The van der Waals surface area contributed by atoms with Crippen molar-refractivity contribution in [2.45, 2.75) is 75.7 Å². The number of hydrogen-bond acceptors (Lipinski definition) is 6. The zero-order valence-electron chi connectivity index (χ0n) is 24.4. The second-order valence-corrected chi connectivity index (χ2v) is 12.5. The van der Waals surface area contributed by atoms with Gasteiger partial charge in [0.05, 0.1) is 17.4 Å². The number of nitrogens with one attached hydrogen (secondary N) is 2. The SMILES string of the molecule is Cc1cc(NC(=O)[C@@H]2[C@H]3C(=O)N(c4ccc(C5CCCCC5)cc4)[C@H](C(=O)NCc4ccccc4)[C@@]34C=C[C@]2(C)O4)no1. The van der Waals surface area contributed by atoms with E-state index in [2.05, 4.69) is 27.9 Å². The lowest BCUT2D eigenvalue weighted by molar-refractivity contribution is -0.131. The van der Waals surface area contributed by atoms with Crippen molar-refractivity contribution in [1.82, 2.24) is 10.5 Å². The third-order valence-electron chi connectivity index (χ3n) is 9.66. The second-order valence-electron chi connectivity index (χ2n) is 12.5. The molecule has 1 aliphatic carbocycles. The van der Waals surface area contributed by atoms with Crippen LogP contribution in [0.15, 0.2) is 77.3 Å². The van der Waals surface area contributed by atoms with Gasteiger partial charge in [-0.15, -0.1) is 0 Å². The number of fused-ring (bicyclic) bond motifs is 1. The molecule has 43 heavy (non-hydrogen) atoms. The molecule has 2 bridgehead atoms. The summed E-state index contributed by atoms with van der Waals surface area (Å²) < 4.78 is 11.8. The van der Waals surface area contributed by atoms with Gasteiger partial charge >= 0.3 is 0 Å². The van der Waals surface area contributed by atoms with Crippen molar-refractivity contribution in [2.24, 2.45) is 11.8 Å². The quantitative estimate of drug-likeness (QED) is 0.379. The third kappa shape index (κ3) is 4.57. The van der Waals surface area contributed by atoms with Gasteiger partial charge in [-0.3, -0.25) is 19.3 Å². The molecule has 2 N–H and O–H groups in total. The van der Waals surface area contributed by atoms with Crippen LogP contribution in [0.25, 0.3) is 0 Å². The number of hydrogen-bond donors (Lipinski definition) is 2.